The van der Waals surface area contributed by atoms with E-state index >= 15 is 0 Å². The Morgan fingerprint density at radius 1 is 1.09 bits per heavy atom. The summed E-state index contributed by atoms with van der Waals surface area (Å²) in [4.78, 5) is 24.9. The van der Waals surface area contributed by atoms with E-state index in [0.717, 1.165) is 22.4 Å². The molecule has 1 fully saturated rings. The molecule has 1 heterocycles. The maximum Gasteiger partial charge on any atom is 0.323 e. The predicted octanol–water partition coefficient (Wildman–Crippen LogP) is 4.73. The van der Waals surface area contributed by atoms with Gasteiger partial charge in [-0.2, -0.15) is 0 Å². The highest BCUT2D eigenvalue weighted by atomic mass is 32.2. The van der Waals surface area contributed by atoms with E-state index in [9.17, 15) is 9.59 Å². The van der Waals surface area contributed by atoms with Crippen molar-refractivity contribution in [3.05, 3.63) is 64.6 Å². The van der Waals surface area contributed by atoms with Gasteiger partial charge in [-0.25, -0.2) is 0 Å². The molecule has 1 aliphatic heterocycles. The first kappa shape index (κ1) is 23.8. The Labute approximate surface area is 197 Å². The van der Waals surface area contributed by atoms with Crippen LogP contribution in [0.3, 0.4) is 0 Å². The Balaban J connectivity index is 1.60. The largest absolute Gasteiger partial charge is 0.490 e. The Kier molecular flexibility index (Phi) is 7.58. The molecule has 0 atom stereocenters. The Hall–Kier alpha value is -2.84. The third kappa shape index (κ3) is 6.11. The van der Waals surface area contributed by atoms with Crippen LogP contribution in [0.2, 0.25) is 0 Å². The second-order valence-electron chi connectivity index (χ2n) is 8.17. The highest BCUT2D eigenvalue weighted by molar-refractivity contribution is 8.26. The first-order valence-electron chi connectivity index (χ1n) is 10.1. The standard InChI is InChI=1S/C24H25NO5S2/c1-24(2,3)17-8-10-18(11-9-17)29-12-13-30-19-7-5-4-6-16(19)14-20-22(28)25(15-21(26)27)23(31)32-20/h4-11,14H,12-13,15H2,1-3H3,(H,26,27)/b20-14+. The van der Waals surface area contributed by atoms with Crippen LogP contribution in [0, 0.1) is 0 Å². The molecule has 0 unspecified atom stereocenters. The van der Waals surface area contributed by atoms with Crippen molar-refractivity contribution >= 4 is 46.3 Å². The summed E-state index contributed by atoms with van der Waals surface area (Å²) in [5, 5.41) is 8.97. The number of hydrogen-bond acceptors (Lipinski definition) is 6. The van der Waals surface area contributed by atoms with Gasteiger partial charge < -0.3 is 14.6 Å². The predicted molar refractivity (Wildman–Crippen MR) is 130 cm³/mol. The monoisotopic (exact) mass is 471 g/mol. The van der Waals surface area contributed by atoms with Crippen molar-refractivity contribution in [1.82, 2.24) is 4.90 Å². The van der Waals surface area contributed by atoms with E-state index in [-0.39, 0.29) is 9.74 Å². The number of benzene rings is 2. The molecular weight excluding hydrogens is 446 g/mol. The summed E-state index contributed by atoms with van der Waals surface area (Å²) in [5.41, 5.74) is 2.04. The third-order valence-electron chi connectivity index (χ3n) is 4.70. The molecule has 0 saturated carbocycles. The lowest BCUT2D eigenvalue weighted by Gasteiger charge is -2.19. The quantitative estimate of drug-likeness (QED) is 0.339. The summed E-state index contributed by atoms with van der Waals surface area (Å²) < 4.78 is 11.9. The Morgan fingerprint density at radius 2 is 1.75 bits per heavy atom. The minimum atomic E-state index is -1.11. The molecule has 0 aliphatic carbocycles. The van der Waals surface area contributed by atoms with Gasteiger partial charge >= 0.3 is 5.97 Å². The average molecular weight is 472 g/mol. The summed E-state index contributed by atoms with van der Waals surface area (Å²) in [6.07, 6.45) is 1.67. The maximum atomic E-state index is 12.5. The molecule has 6 nitrogen and oxygen atoms in total. The van der Waals surface area contributed by atoms with Crippen LogP contribution in [0.5, 0.6) is 11.5 Å². The number of ether oxygens (including phenoxy) is 2. The van der Waals surface area contributed by atoms with Gasteiger partial charge in [-0.15, -0.1) is 0 Å². The van der Waals surface area contributed by atoms with Crippen LogP contribution in [0.4, 0.5) is 0 Å². The number of carbonyl (C=O) groups is 2. The smallest absolute Gasteiger partial charge is 0.323 e. The number of rotatable bonds is 8. The number of nitrogens with zero attached hydrogens (tertiary/aromatic N) is 1. The van der Waals surface area contributed by atoms with Crippen LogP contribution in [0.25, 0.3) is 6.08 Å². The number of carboxylic acid groups (broad SMARTS) is 1. The molecule has 1 N–H and O–H groups in total. The van der Waals surface area contributed by atoms with Gasteiger partial charge in [-0.1, -0.05) is 75.1 Å². The van der Waals surface area contributed by atoms with Gasteiger partial charge in [-0.3, -0.25) is 14.5 Å². The van der Waals surface area contributed by atoms with Gasteiger partial charge in [0.25, 0.3) is 5.91 Å². The minimum absolute atomic E-state index is 0.0905. The summed E-state index contributed by atoms with van der Waals surface area (Å²) in [6.45, 7) is 6.74. The van der Waals surface area contributed by atoms with Crippen molar-refractivity contribution < 1.29 is 24.2 Å². The van der Waals surface area contributed by atoms with Crippen molar-refractivity contribution in [2.24, 2.45) is 0 Å². The van der Waals surface area contributed by atoms with Crippen LogP contribution in [0.1, 0.15) is 31.9 Å². The van der Waals surface area contributed by atoms with E-state index in [1.807, 2.05) is 36.4 Å². The number of amides is 1. The van der Waals surface area contributed by atoms with E-state index in [0.29, 0.717) is 29.4 Å². The van der Waals surface area contributed by atoms with Crippen LogP contribution in [0.15, 0.2) is 53.4 Å². The van der Waals surface area contributed by atoms with Crippen LogP contribution >= 0.6 is 24.0 Å². The normalized spacial score (nSPS) is 15.3. The average Bonchev–Trinajstić information content (AvgIpc) is 2.99. The van der Waals surface area contributed by atoms with E-state index in [4.69, 9.17) is 26.8 Å². The summed E-state index contributed by atoms with van der Waals surface area (Å²) >= 11 is 6.22. The van der Waals surface area contributed by atoms with E-state index in [1.54, 1.807) is 6.08 Å². The van der Waals surface area contributed by atoms with Gasteiger partial charge in [0.15, 0.2) is 0 Å². The number of thiocarbonyl (C=S) groups is 1. The van der Waals surface area contributed by atoms with Gasteiger partial charge in [0.05, 0.1) is 4.91 Å². The fraction of sp³-hybridized carbons (Fsp3) is 0.292. The first-order chi connectivity index (χ1) is 15.1. The zero-order valence-electron chi connectivity index (χ0n) is 18.2. The van der Waals surface area contributed by atoms with E-state index < -0.39 is 18.4 Å². The van der Waals surface area contributed by atoms with Crippen molar-refractivity contribution in [2.75, 3.05) is 19.8 Å². The second-order valence-corrected chi connectivity index (χ2v) is 9.85. The van der Waals surface area contributed by atoms with Gasteiger partial charge in [0, 0.05) is 5.56 Å². The van der Waals surface area contributed by atoms with Crippen LogP contribution in [-0.4, -0.2) is 46.0 Å². The molecule has 1 amide bonds. The highest BCUT2D eigenvalue weighted by Gasteiger charge is 2.33. The number of para-hydroxylation sites is 1. The zero-order valence-corrected chi connectivity index (χ0v) is 19.8. The molecule has 1 aliphatic rings. The molecule has 0 spiro atoms. The number of aliphatic carboxylic acids is 1. The SMILES string of the molecule is CC(C)(C)c1ccc(OCCOc2ccccc2/C=C2/SC(=S)N(CC(=O)O)C2=O)cc1. The number of thioether (sulfide) groups is 1. The van der Waals surface area contributed by atoms with Crippen molar-refractivity contribution in [3.8, 4) is 11.5 Å². The van der Waals surface area contributed by atoms with Crippen molar-refractivity contribution in [2.45, 2.75) is 26.2 Å². The molecule has 3 rings (SSSR count). The molecule has 0 aromatic heterocycles. The number of carboxylic acids is 1. The molecule has 0 radical (unpaired) electrons. The summed E-state index contributed by atoms with van der Waals surface area (Å²) in [6, 6.07) is 15.3. The first-order valence-corrected chi connectivity index (χ1v) is 11.3. The molecule has 32 heavy (non-hydrogen) atoms. The molecule has 0 bridgehead atoms. The Bertz CT molecular complexity index is 1040. The topological polar surface area (TPSA) is 76.1 Å². The van der Waals surface area contributed by atoms with Crippen LogP contribution in [-0.2, 0) is 15.0 Å². The number of hydrogen-bond donors (Lipinski definition) is 1. The third-order valence-corrected chi connectivity index (χ3v) is 6.08. The molecule has 168 valence electrons. The molecule has 2 aromatic rings. The molecular formula is C24H25NO5S2. The fourth-order valence-corrected chi connectivity index (χ4v) is 4.25. The second kappa shape index (κ2) is 10.2. The summed E-state index contributed by atoms with van der Waals surface area (Å²) in [5.74, 6) is -0.154. The molecule has 8 heteroatoms. The molecule has 1 saturated heterocycles. The highest BCUT2D eigenvalue weighted by Crippen LogP contribution is 2.34. The fourth-order valence-electron chi connectivity index (χ4n) is 3.01. The lowest BCUT2D eigenvalue weighted by atomic mass is 9.87. The number of carbonyl (C=O) groups excluding carboxylic acids is 1. The zero-order chi connectivity index (χ0) is 23.3. The minimum Gasteiger partial charge on any atom is -0.490 e. The van der Waals surface area contributed by atoms with Crippen molar-refractivity contribution in [3.63, 3.8) is 0 Å². The lowest BCUT2D eigenvalue weighted by Crippen LogP contribution is -2.33. The van der Waals surface area contributed by atoms with E-state index in [1.165, 1.54) is 5.56 Å². The maximum absolute atomic E-state index is 12.5. The van der Waals surface area contributed by atoms with Gasteiger partial charge in [0.1, 0.15) is 35.6 Å². The Morgan fingerprint density at radius 3 is 2.41 bits per heavy atom. The molecule has 2 aromatic carbocycles. The summed E-state index contributed by atoms with van der Waals surface area (Å²) in [7, 11) is 0. The lowest BCUT2D eigenvalue weighted by molar-refractivity contribution is -0.140. The van der Waals surface area contributed by atoms with Gasteiger partial charge in [-0.05, 0) is 35.3 Å². The van der Waals surface area contributed by atoms with Crippen LogP contribution < -0.4 is 9.47 Å². The van der Waals surface area contributed by atoms with Crippen molar-refractivity contribution in [1.29, 1.82) is 0 Å². The van der Waals surface area contributed by atoms with Gasteiger partial charge in [0.2, 0.25) is 0 Å². The van der Waals surface area contributed by atoms with E-state index in [2.05, 4.69) is 32.9 Å².